The largest absolute Gasteiger partial charge is 0.496 e. The molecule has 1 N–H and O–H groups in total. The topological polar surface area (TPSA) is 46.5 Å². The zero-order valence-corrected chi connectivity index (χ0v) is 11.6. The molecule has 0 unspecified atom stereocenters. The van der Waals surface area contributed by atoms with Crippen LogP contribution in [0, 0.1) is 6.92 Å². The fourth-order valence-corrected chi connectivity index (χ4v) is 2.07. The monoisotopic (exact) mass is 250 g/mol. The number of hydrogen-bond acceptors (Lipinski definition) is 2. The molecule has 0 atom stereocenters. The summed E-state index contributed by atoms with van der Waals surface area (Å²) in [7, 11) is 1.69. The van der Waals surface area contributed by atoms with Gasteiger partial charge in [-0.15, -0.1) is 0 Å². The van der Waals surface area contributed by atoms with Crippen molar-refractivity contribution < 1.29 is 14.6 Å². The Balaban J connectivity index is 2.91. The molecule has 0 fully saturated rings. The SMILES string of the molecule is COc1cc(C)c(CCCC(=O)O)cc1C(C)C. The first-order chi connectivity index (χ1) is 8.45. The molecule has 0 aliphatic heterocycles. The van der Waals surface area contributed by atoms with Crippen molar-refractivity contribution in [3.63, 3.8) is 0 Å². The Labute approximate surface area is 109 Å². The average molecular weight is 250 g/mol. The molecule has 0 amide bonds. The van der Waals surface area contributed by atoms with Crippen LogP contribution in [0.1, 0.15) is 49.3 Å². The molecule has 18 heavy (non-hydrogen) atoms. The molecule has 3 nitrogen and oxygen atoms in total. The molecule has 0 bridgehead atoms. The number of carboxylic acid groups (broad SMARTS) is 1. The summed E-state index contributed by atoms with van der Waals surface area (Å²) in [6.07, 6.45) is 1.71. The predicted molar refractivity (Wildman–Crippen MR) is 72.4 cm³/mol. The molecule has 1 rings (SSSR count). The number of ether oxygens (including phenoxy) is 1. The van der Waals surface area contributed by atoms with Crippen LogP contribution in [0.2, 0.25) is 0 Å². The maximum Gasteiger partial charge on any atom is 0.303 e. The minimum Gasteiger partial charge on any atom is -0.496 e. The Bertz CT molecular complexity index is 422. The van der Waals surface area contributed by atoms with Crippen molar-refractivity contribution in [3.8, 4) is 5.75 Å². The third-order valence-electron chi connectivity index (χ3n) is 3.15. The second-order valence-electron chi connectivity index (χ2n) is 4.92. The van der Waals surface area contributed by atoms with Crippen molar-refractivity contribution in [2.24, 2.45) is 0 Å². The lowest BCUT2D eigenvalue weighted by Gasteiger charge is -2.16. The highest BCUT2D eigenvalue weighted by Gasteiger charge is 2.11. The number of aryl methyl sites for hydroxylation is 2. The van der Waals surface area contributed by atoms with Crippen LogP contribution in [0.3, 0.4) is 0 Å². The lowest BCUT2D eigenvalue weighted by Crippen LogP contribution is -2.01. The molecule has 0 radical (unpaired) electrons. The Kier molecular flexibility index (Phi) is 5.20. The lowest BCUT2D eigenvalue weighted by molar-refractivity contribution is -0.137. The first kappa shape index (κ1) is 14.6. The third-order valence-corrected chi connectivity index (χ3v) is 3.15. The number of rotatable bonds is 6. The number of carboxylic acids is 1. The van der Waals surface area contributed by atoms with Crippen molar-refractivity contribution in [3.05, 3.63) is 28.8 Å². The van der Waals surface area contributed by atoms with Gasteiger partial charge in [0.1, 0.15) is 5.75 Å². The van der Waals surface area contributed by atoms with Gasteiger partial charge in [0.2, 0.25) is 0 Å². The van der Waals surface area contributed by atoms with Crippen LogP contribution >= 0.6 is 0 Å². The fraction of sp³-hybridized carbons (Fsp3) is 0.533. The van der Waals surface area contributed by atoms with Gasteiger partial charge < -0.3 is 9.84 Å². The van der Waals surface area contributed by atoms with Crippen LogP contribution in [0.4, 0.5) is 0 Å². The molecular weight excluding hydrogens is 228 g/mol. The van der Waals surface area contributed by atoms with Gasteiger partial charge in [0.15, 0.2) is 0 Å². The van der Waals surface area contributed by atoms with E-state index in [0.717, 1.165) is 12.2 Å². The molecule has 0 aliphatic rings. The van der Waals surface area contributed by atoms with Gasteiger partial charge >= 0.3 is 5.97 Å². The zero-order valence-electron chi connectivity index (χ0n) is 11.6. The van der Waals surface area contributed by atoms with Gasteiger partial charge in [-0.3, -0.25) is 4.79 Å². The zero-order chi connectivity index (χ0) is 13.7. The molecule has 0 aliphatic carbocycles. The van der Waals surface area contributed by atoms with Crippen molar-refractivity contribution in [1.82, 2.24) is 0 Å². The highest BCUT2D eigenvalue weighted by Crippen LogP contribution is 2.30. The van der Waals surface area contributed by atoms with Crippen LogP contribution in [0.15, 0.2) is 12.1 Å². The Morgan fingerprint density at radius 3 is 2.56 bits per heavy atom. The van der Waals surface area contributed by atoms with Gasteiger partial charge in [0.25, 0.3) is 0 Å². The highest BCUT2D eigenvalue weighted by atomic mass is 16.5. The minimum atomic E-state index is -0.731. The smallest absolute Gasteiger partial charge is 0.303 e. The summed E-state index contributed by atoms with van der Waals surface area (Å²) < 4.78 is 5.39. The summed E-state index contributed by atoms with van der Waals surface area (Å²) in [5.41, 5.74) is 3.58. The molecule has 100 valence electrons. The first-order valence-electron chi connectivity index (χ1n) is 6.35. The van der Waals surface area contributed by atoms with Crippen LogP contribution in [0.25, 0.3) is 0 Å². The second kappa shape index (κ2) is 6.43. The van der Waals surface area contributed by atoms with Crippen molar-refractivity contribution >= 4 is 5.97 Å². The Hall–Kier alpha value is -1.51. The molecule has 0 saturated carbocycles. The van der Waals surface area contributed by atoms with Crippen molar-refractivity contribution in [2.75, 3.05) is 7.11 Å². The molecule has 0 saturated heterocycles. The summed E-state index contributed by atoms with van der Waals surface area (Å²) in [5, 5.41) is 8.67. The second-order valence-corrected chi connectivity index (χ2v) is 4.92. The van der Waals surface area contributed by atoms with E-state index in [1.165, 1.54) is 16.7 Å². The Morgan fingerprint density at radius 2 is 2.06 bits per heavy atom. The quantitative estimate of drug-likeness (QED) is 0.840. The summed E-state index contributed by atoms with van der Waals surface area (Å²) in [4.78, 5) is 10.5. The fourth-order valence-electron chi connectivity index (χ4n) is 2.07. The van der Waals surface area contributed by atoms with E-state index in [2.05, 4.69) is 19.9 Å². The summed E-state index contributed by atoms with van der Waals surface area (Å²) in [5.74, 6) is 0.591. The molecule has 0 aromatic heterocycles. The van der Waals surface area contributed by atoms with Crippen molar-refractivity contribution in [1.29, 1.82) is 0 Å². The van der Waals surface area contributed by atoms with Gasteiger partial charge in [0.05, 0.1) is 7.11 Å². The number of methoxy groups -OCH3 is 1. The van der Waals surface area contributed by atoms with E-state index < -0.39 is 5.97 Å². The van der Waals surface area contributed by atoms with E-state index >= 15 is 0 Å². The third kappa shape index (κ3) is 3.76. The minimum absolute atomic E-state index is 0.225. The first-order valence-corrected chi connectivity index (χ1v) is 6.35. The molecule has 1 aromatic rings. The van der Waals surface area contributed by atoms with Gasteiger partial charge in [-0.2, -0.15) is 0 Å². The van der Waals surface area contributed by atoms with E-state index in [9.17, 15) is 4.79 Å². The summed E-state index contributed by atoms with van der Waals surface area (Å²) in [6, 6.07) is 4.20. The molecular formula is C15H22O3. The van der Waals surface area contributed by atoms with Gasteiger partial charge in [-0.1, -0.05) is 19.9 Å². The average Bonchev–Trinajstić information content (AvgIpc) is 2.29. The summed E-state index contributed by atoms with van der Waals surface area (Å²) >= 11 is 0. The van der Waals surface area contributed by atoms with Crippen LogP contribution < -0.4 is 4.74 Å². The van der Waals surface area contributed by atoms with Gasteiger partial charge in [-0.05, 0) is 48.4 Å². The molecule has 0 heterocycles. The van der Waals surface area contributed by atoms with Crippen LogP contribution in [-0.2, 0) is 11.2 Å². The summed E-state index contributed by atoms with van der Waals surface area (Å²) in [6.45, 7) is 6.31. The number of hydrogen-bond donors (Lipinski definition) is 1. The van der Waals surface area contributed by atoms with Crippen LogP contribution in [-0.4, -0.2) is 18.2 Å². The number of carbonyl (C=O) groups is 1. The maximum atomic E-state index is 10.5. The van der Waals surface area contributed by atoms with E-state index in [1.807, 2.05) is 13.0 Å². The standard InChI is InChI=1S/C15H22O3/c1-10(2)13-9-12(6-5-7-15(16)17)11(3)8-14(13)18-4/h8-10H,5-7H2,1-4H3,(H,16,17). The van der Waals surface area contributed by atoms with Crippen molar-refractivity contribution in [2.45, 2.75) is 46.0 Å². The van der Waals surface area contributed by atoms with E-state index in [1.54, 1.807) is 7.11 Å². The number of aliphatic carboxylic acids is 1. The van der Waals surface area contributed by atoms with Gasteiger partial charge in [-0.25, -0.2) is 0 Å². The lowest BCUT2D eigenvalue weighted by atomic mass is 9.94. The van der Waals surface area contributed by atoms with E-state index in [-0.39, 0.29) is 6.42 Å². The predicted octanol–water partition coefficient (Wildman–Crippen LogP) is 3.53. The normalized spacial score (nSPS) is 10.7. The molecule has 3 heteroatoms. The van der Waals surface area contributed by atoms with Crippen LogP contribution in [0.5, 0.6) is 5.75 Å². The molecule has 0 spiro atoms. The Morgan fingerprint density at radius 1 is 1.39 bits per heavy atom. The molecule has 1 aromatic carbocycles. The maximum absolute atomic E-state index is 10.5. The van der Waals surface area contributed by atoms with E-state index in [0.29, 0.717) is 12.3 Å². The van der Waals surface area contributed by atoms with Gasteiger partial charge in [0, 0.05) is 6.42 Å². The van der Waals surface area contributed by atoms with E-state index in [4.69, 9.17) is 9.84 Å². The highest BCUT2D eigenvalue weighted by molar-refractivity contribution is 5.66. The number of benzene rings is 1.